The SMILES string of the molecule is CC.NC(=O)c1cc(F)c(NCC2(N)CC2)nc1Nc1cccnc1. The van der Waals surface area contributed by atoms with Gasteiger partial charge in [-0.3, -0.25) is 9.78 Å². The van der Waals surface area contributed by atoms with Gasteiger partial charge in [0.2, 0.25) is 0 Å². The first kappa shape index (κ1) is 18.6. The Labute approximate surface area is 146 Å². The maximum Gasteiger partial charge on any atom is 0.252 e. The van der Waals surface area contributed by atoms with Crippen LogP contribution in [0.5, 0.6) is 0 Å². The van der Waals surface area contributed by atoms with Crippen molar-refractivity contribution in [2.45, 2.75) is 32.2 Å². The summed E-state index contributed by atoms with van der Waals surface area (Å²) in [4.78, 5) is 19.6. The zero-order chi connectivity index (χ0) is 18.4. The van der Waals surface area contributed by atoms with E-state index in [1.165, 1.54) is 0 Å². The van der Waals surface area contributed by atoms with Crippen molar-refractivity contribution in [1.29, 1.82) is 0 Å². The van der Waals surface area contributed by atoms with Crippen molar-refractivity contribution in [1.82, 2.24) is 9.97 Å². The number of nitrogens with two attached hydrogens (primary N) is 2. The van der Waals surface area contributed by atoms with E-state index in [2.05, 4.69) is 20.6 Å². The summed E-state index contributed by atoms with van der Waals surface area (Å²) in [6.07, 6.45) is 4.95. The molecule has 2 aromatic heterocycles. The molecule has 0 spiro atoms. The molecule has 0 aromatic carbocycles. The Kier molecular flexibility index (Phi) is 5.87. The number of carbonyl (C=O) groups excluding carboxylic acids is 1. The van der Waals surface area contributed by atoms with Gasteiger partial charge in [0.15, 0.2) is 11.6 Å². The molecular weight excluding hydrogens is 323 g/mol. The number of anilines is 3. The Morgan fingerprint density at radius 3 is 2.64 bits per heavy atom. The molecule has 0 aliphatic heterocycles. The highest BCUT2D eigenvalue weighted by molar-refractivity contribution is 5.98. The van der Waals surface area contributed by atoms with Crippen LogP contribution in [-0.4, -0.2) is 28.0 Å². The number of rotatable bonds is 6. The first-order chi connectivity index (χ1) is 12.0. The summed E-state index contributed by atoms with van der Waals surface area (Å²) in [5, 5.41) is 5.81. The normalized spacial score (nSPS) is 14.1. The average Bonchev–Trinajstić information content (AvgIpc) is 3.35. The molecule has 1 saturated carbocycles. The largest absolute Gasteiger partial charge is 0.366 e. The summed E-state index contributed by atoms with van der Waals surface area (Å²) in [6.45, 7) is 4.42. The molecule has 2 aromatic rings. The third kappa shape index (κ3) is 4.87. The number of aromatic nitrogens is 2. The van der Waals surface area contributed by atoms with E-state index in [-0.39, 0.29) is 22.7 Å². The fourth-order valence-electron chi connectivity index (χ4n) is 2.07. The minimum absolute atomic E-state index is 0.0260. The molecule has 6 N–H and O–H groups in total. The van der Waals surface area contributed by atoms with Crippen molar-refractivity contribution in [3.63, 3.8) is 0 Å². The quantitative estimate of drug-likeness (QED) is 0.638. The van der Waals surface area contributed by atoms with Crippen molar-refractivity contribution < 1.29 is 9.18 Å². The number of nitrogens with one attached hydrogen (secondary N) is 2. The van der Waals surface area contributed by atoms with Crippen LogP contribution in [0.25, 0.3) is 0 Å². The van der Waals surface area contributed by atoms with Gasteiger partial charge in [-0.2, -0.15) is 0 Å². The summed E-state index contributed by atoms with van der Waals surface area (Å²) in [7, 11) is 0. The molecule has 1 aliphatic rings. The van der Waals surface area contributed by atoms with Gasteiger partial charge in [0.05, 0.1) is 17.4 Å². The van der Waals surface area contributed by atoms with E-state index in [1.54, 1.807) is 24.5 Å². The van der Waals surface area contributed by atoms with E-state index in [9.17, 15) is 9.18 Å². The monoisotopic (exact) mass is 346 g/mol. The lowest BCUT2D eigenvalue weighted by Gasteiger charge is -2.15. The van der Waals surface area contributed by atoms with Gasteiger partial charge in [-0.15, -0.1) is 0 Å². The second kappa shape index (κ2) is 7.89. The molecule has 134 valence electrons. The Morgan fingerprint density at radius 1 is 1.36 bits per heavy atom. The molecule has 1 aliphatic carbocycles. The minimum Gasteiger partial charge on any atom is -0.366 e. The van der Waals surface area contributed by atoms with Crippen LogP contribution < -0.4 is 22.1 Å². The molecule has 0 saturated heterocycles. The molecule has 1 fully saturated rings. The van der Waals surface area contributed by atoms with E-state index >= 15 is 0 Å². The van der Waals surface area contributed by atoms with E-state index in [4.69, 9.17) is 11.5 Å². The van der Waals surface area contributed by atoms with Crippen molar-refractivity contribution in [3.05, 3.63) is 42.0 Å². The van der Waals surface area contributed by atoms with Crippen molar-refractivity contribution in [2.75, 3.05) is 17.2 Å². The number of halogens is 1. The third-order valence-corrected chi connectivity index (χ3v) is 3.67. The van der Waals surface area contributed by atoms with Gasteiger partial charge < -0.3 is 22.1 Å². The van der Waals surface area contributed by atoms with Gasteiger partial charge in [-0.25, -0.2) is 9.37 Å². The number of hydrogen-bond acceptors (Lipinski definition) is 6. The van der Waals surface area contributed by atoms with Crippen LogP contribution in [0.15, 0.2) is 30.6 Å². The number of hydrogen-bond donors (Lipinski definition) is 4. The molecule has 25 heavy (non-hydrogen) atoms. The lowest BCUT2D eigenvalue weighted by molar-refractivity contribution is 0.100. The third-order valence-electron chi connectivity index (χ3n) is 3.67. The van der Waals surface area contributed by atoms with Gasteiger partial charge in [-0.1, -0.05) is 13.8 Å². The smallest absolute Gasteiger partial charge is 0.252 e. The molecule has 8 heteroatoms. The Bertz CT molecular complexity index is 733. The topological polar surface area (TPSA) is 119 Å². The van der Waals surface area contributed by atoms with Gasteiger partial charge in [-0.05, 0) is 31.0 Å². The van der Waals surface area contributed by atoms with Crippen molar-refractivity contribution in [3.8, 4) is 0 Å². The summed E-state index contributed by atoms with van der Waals surface area (Å²) < 4.78 is 14.1. The number of primary amides is 1. The van der Waals surface area contributed by atoms with E-state index in [0.717, 1.165) is 18.9 Å². The average molecular weight is 346 g/mol. The van der Waals surface area contributed by atoms with E-state index in [1.807, 2.05) is 13.8 Å². The Hall–Kier alpha value is -2.74. The molecule has 0 bridgehead atoms. The zero-order valence-electron chi connectivity index (χ0n) is 14.3. The molecule has 1 amide bonds. The summed E-state index contributed by atoms with van der Waals surface area (Å²) in [5.74, 6) is -1.24. The standard InChI is InChI=1S/C15H17FN6O.C2H6/c16-11-6-10(12(17)23)13(21-9-2-1-5-19-7-9)22-14(11)20-8-15(18)3-4-15;1-2/h1-2,5-7H,3-4,8,18H2,(H2,17,23)(H2,20,21,22);1-2H3. The summed E-state index contributed by atoms with van der Waals surface area (Å²) in [6, 6.07) is 4.53. The van der Waals surface area contributed by atoms with Gasteiger partial charge >= 0.3 is 0 Å². The Morgan fingerprint density at radius 2 is 2.08 bits per heavy atom. The number of carbonyl (C=O) groups is 1. The summed E-state index contributed by atoms with van der Waals surface area (Å²) >= 11 is 0. The summed E-state index contributed by atoms with van der Waals surface area (Å²) in [5.41, 5.74) is 11.5. The van der Waals surface area contributed by atoms with Crippen LogP contribution in [0.4, 0.5) is 21.7 Å². The lowest BCUT2D eigenvalue weighted by Crippen LogP contribution is -2.31. The lowest BCUT2D eigenvalue weighted by atomic mass is 10.2. The predicted molar refractivity (Wildman–Crippen MR) is 96.2 cm³/mol. The van der Waals surface area contributed by atoms with Crippen LogP contribution in [0.3, 0.4) is 0 Å². The molecule has 3 rings (SSSR count). The van der Waals surface area contributed by atoms with Gasteiger partial charge in [0.1, 0.15) is 5.82 Å². The highest BCUT2D eigenvalue weighted by atomic mass is 19.1. The molecule has 0 unspecified atom stereocenters. The van der Waals surface area contributed by atoms with Crippen LogP contribution in [0.2, 0.25) is 0 Å². The Balaban J connectivity index is 0.00000109. The van der Waals surface area contributed by atoms with E-state index in [0.29, 0.717) is 12.2 Å². The van der Waals surface area contributed by atoms with Gasteiger partial charge in [0, 0.05) is 18.3 Å². The minimum atomic E-state index is -0.771. The van der Waals surface area contributed by atoms with Crippen LogP contribution in [0.1, 0.15) is 37.0 Å². The fraction of sp³-hybridized carbons (Fsp3) is 0.353. The van der Waals surface area contributed by atoms with Gasteiger partial charge in [0.25, 0.3) is 5.91 Å². The van der Waals surface area contributed by atoms with E-state index < -0.39 is 11.7 Å². The number of nitrogens with zero attached hydrogens (tertiary/aromatic N) is 2. The highest BCUT2D eigenvalue weighted by Gasteiger charge is 2.38. The fourth-order valence-corrected chi connectivity index (χ4v) is 2.07. The number of amides is 1. The zero-order valence-corrected chi connectivity index (χ0v) is 14.3. The van der Waals surface area contributed by atoms with Crippen LogP contribution in [-0.2, 0) is 0 Å². The molecule has 7 nitrogen and oxygen atoms in total. The molecule has 2 heterocycles. The van der Waals surface area contributed by atoms with Crippen LogP contribution in [0, 0.1) is 5.82 Å². The molecule has 0 radical (unpaired) electrons. The molecular formula is C17H23FN6O. The van der Waals surface area contributed by atoms with Crippen molar-refractivity contribution in [2.24, 2.45) is 11.5 Å². The number of pyridine rings is 2. The first-order valence-electron chi connectivity index (χ1n) is 8.17. The second-order valence-electron chi connectivity index (χ2n) is 5.66. The molecule has 0 atom stereocenters. The van der Waals surface area contributed by atoms with Crippen LogP contribution >= 0.6 is 0 Å². The highest BCUT2D eigenvalue weighted by Crippen LogP contribution is 2.32. The second-order valence-corrected chi connectivity index (χ2v) is 5.66. The van der Waals surface area contributed by atoms with Crippen molar-refractivity contribution >= 4 is 23.2 Å². The first-order valence-corrected chi connectivity index (χ1v) is 8.17. The predicted octanol–water partition coefficient (Wildman–Crippen LogP) is 2.39. The maximum absolute atomic E-state index is 14.1. The maximum atomic E-state index is 14.1.